The van der Waals surface area contributed by atoms with Gasteiger partial charge in [0.05, 0.1) is 11.3 Å². The van der Waals surface area contributed by atoms with Crippen molar-refractivity contribution in [2.75, 3.05) is 11.9 Å². The lowest BCUT2D eigenvalue weighted by Crippen LogP contribution is -2.45. The molecule has 1 aromatic carbocycles. The lowest BCUT2D eigenvalue weighted by Gasteiger charge is -2.28. The van der Waals surface area contributed by atoms with Gasteiger partial charge >= 0.3 is 5.97 Å². The molecule has 1 aromatic rings. The van der Waals surface area contributed by atoms with Crippen LogP contribution in [0.4, 0.5) is 5.69 Å². The Morgan fingerprint density at radius 1 is 1.43 bits per heavy atom. The van der Waals surface area contributed by atoms with Gasteiger partial charge in [-0.15, -0.1) is 0 Å². The molecule has 122 valence electrons. The first-order valence-corrected chi connectivity index (χ1v) is 7.58. The van der Waals surface area contributed by atoms with Crippen LogP contribution in [0.3, 0.4) is 0 Å². The van der Waals surface area contributed by atoms with E-state index < -0.39 is 11.6 Å². The minimum atomic E-state index is -0.893. The number of anilines is 1. The summed E-state index contributed by atoms with van der Waals surface area (Å²) in [7, 11) is 0. The van der Waals surface area contributed by atoms with Crippen LogP contribution in [0, 0.1) is 17.2 Å². The van der Waals surface area contributed by atoms with Crippen LogP contribution in [0.2, 0.25) is 0 Å². The number of hydrogen-bond acceptors (Lipinski definition) is 5. The number of hydrogen-bond donors (Lipinski definition) is 1. The number of carbonyl (C=O) groups excluding carboxylic acids is 2. The molecule has 0 spiro atoms. The summed E-state index contributed by atoms with van der Waals surface area (Å²) in [4.78, 5) is 23.6. The minimum Gasteiger partial charge on any atom is -0.427 e. The van der Waals surface area contributed by atoms with Crippen LogP contribution in [-0.4, -0.2) is 24.1 Å². The van der Waals surface area contributed by atoms with Crippen molar-refractivity contribution in [3.05, 3.63) is 23.8 Å². The molecule has 1 atom stereocenters. The van der Waals surface area contributed by atoms with Gasteiger partial charge in [0.25, 0.3) is 5.91 Å². The first kappa shape index (κ1) is 17.0. The second kappa shape index (κ2) is 6.80. The fourth-order valence-corrected chi connectivity index (χ4v) is 2.50. The van der Waals surface area contributed by atoms with Crippen molar-refractivity contribution in [1.29, 1.82) is 5.26 Å². The number of carbonyl (C=O) groups is 2. The normalized spacial score (nSPS) is 16.1. The van der Waals surface area contributed by atoms with Gasteiger partial charge in [0.1, 0.15) is 17.4 Å². The Bertz CT molecular complexity index is 661. The molecule has 0 radical (unpaired) electrons. The summed E-state index contributed by atoms with van der Waals surface area (Å²) in [6.45, 7) is 5.35. The zero-order chi connectivity index (χ0) is 17.0. The fourth-order valence-electron chi connectivity index (χ4n) is 2.50. The highest BCUT2D eigenvalue weighted by Gasteiger charge is 2.48. The number of ether oxygens (including phenoxy) is 2. The number of nitriles is 1. The third-order valence-corrected chi connectivity index (χ3v) is 3.87. The van der Waals surface area contributed by atoms with E-state index in [0.717, 1.165) is 12.8 Å². The lowest BCUT2D eigenvalue weighted by atomic mass is 9.98. The van der Waals surface area contributed by atoms with Gasteiger partial charge in [-0.05, 0) is 44.7 Å². The van der Waals surface area contributed by atoms with Crippen molar-refractivity contribution in [1.82, 2.24) is 0 Å². The molecule has 6 heteroatoms. The second-order valence-electron chi connectivity index (χ2n) is 5.68. The zero-order valence-corrected chi connectivity index (χ0v) is 13.5. The molecule has 1 aliphatic rings. The number of nitrogens with zero attached hydrogens (tertiary/aromatic N) is 1. The quantitative estimate of drug-likeness (QED) is 0.644. The Labute approximate surface area is 135 Å². The number of rotatable bonds is 6. The molecule has 0 heterocycles. The van der Waals surface area contributed by atoms with E-state index in [0.29, 0.717) is 12.3 Å². The molecule has 1 fully saturated rings. The minimum absolute atomic E-state index is 0.202. The van der Waals surface area contributed by atoms with Crippen molar-refractivity contribution >= 4 is 17.6 Å². The first-order chi connectivity index (χ1) is 10.9. The summed E-state index contributed by atoms with van der Waals surface area (Å²) in [5.41, 5.74) is -0.289. The van der Waals surface area contributed by atoms with Gasteiger partial charge in [-0.2, -0.15) is 5.26 Å². The van der Waals surface area contributed by atoms with Crippen LogP contribution in [0.15, 0.2) is 18.2 Å². The van der Waals surface area contributed by atoms with Crippen molar-refractivity contribution in [2.45, 2.75) is 39.2 Å². The number of benzene rings is 1. The first-order valence-electron chi connectivity index (χ1n) is 7.58. The maximum atomic E-state index is 12.6. The van der Waals surface area contributed by atoms with E-state index in [-0.39, 0.29) is 23.1 Å². The molecular formula is C17H20N2O4. The Morgan fingerprint density at radius 2 is 2.13 bits per heavy atom. The molecule has 1 aliphatic carbocycles. The summed E-state index contributed by atoms with van der Waals surface area (Å²) in [5.74, 6) is -0.267. The van der Waals surface area contributed by atoms with Crippen LogP contribution >= 0.6 is 0 Å². The van der Waals surface area contributed by atoms with Crippen LogP contribution in [0.5, 0.6) is 5.75 Å². The fraction of sp³-hybridized carbons (Fsp3) is 0.471. The van der Waals surface area contributed by atoms with Crippen molar-refractivity contribution in [3.8, 4) is 11.8 Å². The molecule has 1 saturated carbocycles. The van der Waals surface area contributed by atoms with Gasteiger partial charge in [-0.3, -0.25) is 9.59 Å². The summed E-state index contributed by atoms with van der Waals surface area (Å²) >= 11 is 0. The monoisotopic (exact) mass is 316 g/mol. The van der Waals surface area contributed by atoms with Crippen molar-refractivity contribution in [2.24, 2.45) is 5.92 Å². The number of amides is 1. The van der Waals surface area contributed by atoms with Gasteiger partial charge in [0.15, 0.2) is 0 Å². The van der Waals surface area contributed by atoms with Crippen molar-refractivity contribution in [3.63, 3.8) is 0 Å². The molecule has 0 bridgehead atoms. The van der Waals surface area contributed by atoms with Crippen LogP contribution in [0.25, 0.3) is 0 Å². The largest absolute Gasteiger partial charge is 0.427 e. The third-order valence-electron chi connectivity index (χ3n) is 3.87. The van der Waals surface area contributed by atoms with E-state index in [1.165, 1.54) is 19.1 Å². The van der Waals surface area contributed by atoms with E-state index in [2.05, 4.69) is 5.32 Å². The average molecular weight is 316 g/mol. The molecule has 0 saturated heterocycles. The van der Waals surface area contributed by atoms with Gasteiger partial charge in [-0.1, -0.05) is 0 Å². The Balaban J connectivity index is 2.20. The molecule has 1 amide bonds. The van der Waals surface area contributed by atoms with Gasteiger partial charge in [0.2, 0.25) is 0 Å². The maximum Gasteiger partial charge on any atom is 0.308 e. The highest BCUT2D eigenvalue weighted by atomic mass is 16.5. The third kappa shape index (κ3) is 3.88. The second-order valence-corrected chi connectivity index (χ2v) is 5.68. The predicted molar refractivity (Wildman–Crippen MR) is 83.9 cm³/mol. The molecular weight excluding hydrogens is 296 g/mol. The Morgan fingerprint density at radius 3 is 2.65 bits per heavy atom. The molecule has 6 nitrogen and oxygen atoms in total. The molecule has 2 rings (SSSR count). The molecule has 23 heavy (non-hydrogen) atoms. The summed E-state index contributed by atoms with van der Waals surface area (Å²) in [5, 5.41) is 12.0. The summed E-state index contributed by atoms with van der Waals surface area (Å²) in [6, 6.07) is 6.50. The number of esters is 1. The Hall–Kier alpha value is -2.39. The van der Waals surface area contributed by atoms with Gasteiger partial charge in [-0.25, -0.2) is 0 Å². The van der Waals surface area contributed by atoms with E-state index >= 15 is 0 Å². The van der Waals surface area contributed by atoms with E-state index in [1.54, 1.807) is 13.0 Å². The standard InChI is InChI=1S/C17H20N2O4/c1-4-22-17(3,13-5-6-13)16(21)19-15-8-7-14(23-11(2)20)9-12(15)10-18/h7-9,13H,4-6H2,1-3H3,(H,19,21)/t17-/m0/s1. The van der Waals surface area contributed by atoms with Crippen LogP contribution in [0.1, 0.15) is 39.2 Å². The number of nitrogens with one attached hydrogen (secondary N) is 1. The highest BCUT2D eigenvalue weighted by Crippen LogP contribution is 2.42. The Kier molecular flexibility index (Phi) is 5.02. The summed E-state index contributed by atoms with van der Waals surface area (Å²) < 4.78 is 10.6. The van der Waals surface area contributed by atoms with E-state index in [9.17, 15) is 14.9 Å². The predicted octanol–water partition coefficient (Wildman–Crippen LogP) is 2.63. The van der Waals surface area contributed by atoms with E-state index in [1.807, 2.05) is 13.0 Å². The highest BCUT2D eigenvalue weighted by molar-refractivity contribution is 5.98. The maximum absolute atomic E-state index is 12.6. The van der Waals surface area contributed by atoms with Gasteiger partial charge < -0.3 is 14.8 Å². The SMILES string of the molecule is CCO[C@](C)(C(=O)Nc1ccc(OC(C)=O)cc1C#N)C1CC1. The van der Waals surface area contributed by atoms with Gasteiger partial charge in [0, 0.05) is 19.6 Å². The van der Waals surface area contributed by atoms with Crippen LogP contribution in [-0.2, 0) is 14.3 Å². The molecule has 0 aromatic heterocycles. The summed E-state index contributed by atoms with van der Waals surface area (Å²) in [6.07, 6.45) is 1.92. The van der Waals surface area contributed by atoms with Crippen molar-refractivity contribution < 1.29 is 19.1 Å². The smallest absolute Gasteiger partial charge is 0.308 e. The average Bonchev–Trinajstić information content (AvgIpc) is 3.33. The zero-order valence-electron chi connectivity index (χ0n) is 13.5. The molecule has 1 N–H and O–H groups in total. The topological polar surface area (TPSA) is 88.4 Å². The molecule has 0 aliphatic heterocycles. The molecule has 0 unspecified atom stereocenters. The van der Waals surface area contributed by atoms with E-state index in [4.69, 9.17) is 9.47 Å². The van der Waals surface area contributed by atoms with Crippen LogP contribution < -0.4 is 10.1 Å². The lowest BCUT2D eigenvalue weighted by molar-refractivity contribution is -0.141.